The van der Waals surface area contributed by atoms with E-state index >= 15 is 0 Å². The molecule has 1 unspecified atom stereocenters. The highest BCUT2D eigenvalue weighted by molar-refractivity contribution is 5.40. The van der Waals surface area contributed by atoms with Gasteiger partial charge >= 0.3 is 0 Å². The molecule has 114 valence electrons. The maximum Gasteiger partial charge on any atom is 0.169 e. The van der Waals surface area contributed by atoms with Crippen molar-refractivity contribution in [3.8, 4) is 0 Å². The Bertz CT molecular complexity index is 426. The molecule has 0 spiro atoms. The van der Waals surface area contributed by atoms with Crippen LogP contribution in [0, 0.1) is 5.82 Å². The fourth-order valence-electron chi connectivity index (χ4n) is 1.91. The fraction of sp³-hybridized carbons (Fsp3) is 0.667. The standard InChI is InChI=1S/C15H27FN4/c1-11(10-20(5)6)19-14-13(16)12(7-8-17-14)9-18-15(2,3)4/h7-8,11,18H,9-10H2,1-6H3,(H,17,19). The van der Waals surface area contributed by atoms with Crippen molar-refractivity contribution in [2.24, 2.45) is 0 Å². The number of anilines is 1. The molecule has 0 radical (unpaired) electrons. The average Bonchev–Trinajstić information content (AvgIpc) is 2.28. The number of halogens is 1. The van der Waals surface area contributed by atoms with Gasteiger partial charge in [0.05, 0.1) is 0 Å². The van der Waals surface area contributed by atoms with E-state index in [4.69, 9.17) is 0 Å². The minimum Gasteiger partial charge on any atom is -0.364 e. The van der Waals surface area contributed by atoms with Crippen molar-refractivity contribution in [2.45, 2.75) is 45.8 Å². The Kier molecular flexibility index (Phi) is 5.89. The highest BCUT2D eigenvalue weighted by Gasteiger charge is 2.14. The molecule has 1 heterocycles. The Morgan fingerprint density at radius 1 is 1.35 bits per heavy atom. The van der Waals surface area contributed by atoms with Gasteiger partial charge in [0.25, 0.3) is 0 Å². The summed E-state index contributed by atoms with van der Waals surface area (Å²) in [5, 5.41) is 6.41. The summed E-state index contributed by atoms with van der Waals surface area (Å²) in [6.07, 6.45) is 1.65. The van der Waals surface area contributed by atoms with E-state index in [2.05, 4.69) is 41.3 Å². The van der Waals surface area contributed by atoms with Gasteiger partial charge in [-0.25, -0.2) is 9.37 Å². The van der Waals surface area contributed by atoms with E-state index in [0.717, 1.165) is 6.54 Å². The number of aromatic nitrogens is 1. The van der Waals surface area contributed by atoms with Crippen LogP contribution < -0.4 is 10.6 Å². The molecule has 0 aliphatic carbocycles. The Hall–Kier alpha value is -1.20. The molecule has 1 aromatic heterocycles. The molecule has 0 aliphatic heterocycles. The van der Waals surface area contributed by atoms with Crippen molar-refractivity contribution in [1.82, 2.24) is 15.2 Å². The number of hydrogen-bond acceptors (Lipinski definition) is 4. The molecule has 0 saturated carbocycles. The zero-order valence-corrected chi connectivity index (χ0v) is 13.4. The first kappa shape index (κ1) is 16.9. The second-order valence-electron chi connectivity index (χ2n) is 6.54. The molecule has 20 heavy (non-hydrogen) atoms. The molecule has 1 aromatic rings. The third-order valence-corrected chi connectivity index (χ3v) is 2.80. The lowest BCUT2D eigenvalue weighted by Crippen LogP contribution is -2.35. The van der Waals surface area contributed by atoms with Crippen molar-refractivity contribution in [1.29, 1.82) is 0 Å². The van der Waals surface area contributed by atoms with Gasteiger partial charge < -0.3 is 15.5 Å². The van der Waals surface area contributed by atoms with Gasteiger partial charge in [0.2, 0.25) is 0 Å². The lowest BCUT2D eigenvalue weighted by molar-refractivity contribution is 0.391. The van der Waals surface area contributed by atoms with Crippen LogP contribution >= 0.6 is 0 Å². The van der Waals surface area contributed by atoms with Gasteiger partial charge in [-0.3, -0.25) is 0 Å². The summed E-state index contributed by atoms with van der Waals surface area (Å²) in [5.74, 6) is 0.0578. The van der Waals surface area contributed by atoms with Gasteiger partial charge in [0, 0.05) is 36.4 Å². The van der Waals surface area contributed by atoms with E-state index < -0.39 is 0 Å². The lowest BCUT2D eigenvalue weighted by Gasteiger charge is -2.22. The molecular formula is C15H27FN4. The Morgan fingerprint density at radius 2 is 2.00 bits per heavy atom. The number of likely N-dealkylation sites (N-methyl/N-ethyl adjacent to an activating group) is 1. The fourth-order valence-corrected chi connectivity index (χ4v) is 1.91. The molecule has 0 fully saturated rings. The van der Waals surface area contributed by atoms with Gasteiger partial charge in [-0.1, -0.05) is 0 Å². The summed E-state index contributed by atoms with van der Waals surface area (Å²) in [6, 6.07) is 1.85. The molecule has 5 heteroatoms. The molecule has 0 aliphatic rings. The Balaban J connectivity index is 2.74. The number of rotatable bonds is 6. The molecule has 0 aromatic carbocycles. The van der Waals surface area contributed by atoms with Crippen LogP contribution in [-0.2, 0) is 6.54 Å². The summed E-state index contributed by atoms with van der Waals surface area (Å²) in [6.45, 7) is 9.51. The SMILES string of the molecule is CC(CN(C)C)Nc1nccc(CNC(C)(C)C)c1F. The smallest absolute Gasteiger partial charge is 0.169 e. The van der Waals surface area contributed by atoms with Crippen molar-refractivity contribution < 1.29 is 4.39 Å². The average molecular weight is 282 g/mol. The lowest BCUT2D eigenvalue weighted by atomic mass is 10.1. The third kappa shape index (κ3) is 5.84. The maximum absolute atomic E-state index is 14.4. The van der Waals surface area contributed by atoms with Crippen LogP contribution in [-0.4, -0.2) is 42.1 Å². The maximum atomic E-state index is 14.4. The first-order valence-corrected chi connectivity index (χ1v) is 6.98. The van der Waals surface area contributed by atoms with Crippen molar-refractivity contribution >= 4 is 5.82 Å². The predicted octanol–water partition coefficient (Wildman–Crippen LogP) is 2.47. The van der Waals surface area contributed by atoms with Gasteiger partial charge in [0.15, 0.2) is 11.6 Å². The van der Waals surface area contributed by atoms with Gasteiger partial charge in [-0.2, -0.15) is 0 Å². The Morgan fingerprint density at radius 3 is 2.55 bits per heavy atom. The normalized spacial score (nSPS) is 13.6. The molecule has 0 saturated heterocycles. The highest BCUT2D eigenvalue weighted by atomic mass is 19.1. The summed E-state index contributed by atoms with van der Waals surface area (Å²) in [7, 11) is 3.98. The number of nitrogens with one attached hydrogen (secondary N) is 2. The molecule has 0 amide bonds. The molecule has 1 atom stereocenters. The van der Waals surface area contributed by atoms with Crippen LogP contribution in [0.3, 0.4) is 0 Å². The van der Waals surface area contributed by atoms with E-state index in [1.165, 1.54) is 0 Å². The summed E-state index contributed by atoms with van der Waals surface area (Å²) in [5.41, 5.74) is 0.594. The van der Waals surface area contributed by atoms with Crippen LogP contribution in [0.15, 0.2) is 12.3 Å². The molecule has 2 N–H and O–H groups in total. The molecule has 4 nitrogen and oxygen atoms in total. The largest absolute Gasteiger partial charge is 0.364 e. The number of hydrogen-bond donors (Lipinski definition) is 2. The van der Waals surface area contributed by atoms with E-state index in [1.54, 1.807) is 12.3 Å². The third-order valence-electron chi connectivity index (χ3n) is 2.80. The summed E-state index contributed by atoms with van der Waals surface area (Å²) >= 11 is 0. The molecular weight excluding hydrogens is 255 g/mol. The Labute approximate surface area is 121 Å². The first-order chi connectivity index (χ1) is 9.19. The molecule has 0 bridgehead atoms. The second kappa shape index (κ2) is 6.99. The quantitative estimate of drug-likeness (QED) is 0.841. The summed E-state index contributed by atoms with van der Waals surface area (Å²) in [4.78, 5) is 6.15. The zero-order valence-electron chi connectivity index (χ0n) is 13.4. The zero-order chi connectivity index (χ0) is 15.3. The number of nitrogens with zero attached hydrogens (tertiary/aromatic N) is 2. The van der Waals surface area contributed by atoms with Crippen LogP contribution in [0.25, 0.3) is 0 Å². The van der Waals surface area contributed by atoms with E-state index in [1.807, 2.05) is 21.0 Å². The summed E-state index contributed by atoms with van der Waals surface area (Å²) < 4.78 is 14.4. The van der Waals surface area contributed by atoms with Crippen LogP contribution in [0.4, 0.5) is 10.2 Å². The highest BCUT2D eigenvalue weighted by Crippen LogP contribution is 2.16. The monoisotopic (exact) mass is 282 g/mol. The van der Waals surface area contributed by atoms with Gasteiger partial charge in [0.1, 0.15) is 0 Å². The van der Waals surface area contributed by atoms with Crippen molar-refractivity contribution in [3.05, 3.63) is 23.6 Å². The molecule has 1 rings (SSSR count). The second-order valence-corrected chi connectivity index (χ2v) is 6.54. The van der Waals surface area contributed by atoms with E-state index in [9.17, 15) is 4.39 Å². The number of pyridine rings is 1. The van der Waals surface area contributed by atoms with Crippen molar-refractivity contribution in [3.63, 3.8) is 0 Å². The topological polar surface area (TPSA) is 40.2 Å². The van der Waals surface area contributed by atoms with Crippen LogP contribution in [0.2, 0.25) is 0 Å². The van der Waals surface area contributed by atoms with Crippen LogP contribution in [0.1, 0.15) is 33.3 Å². The van der Waals surface area contributed by atoms with Crippen molar-refractivity contribution in [2.75, 3.05) is 26.0 Å². The predicted molar refractivity (Wildman–Crippen MR) is 82.4 cm³/mol. The minimum atomic E-state index is -0.269. The van der Waals surface area contributed by atoms with E-state index in [-0.39, 0.29) is 17.4 Å². The van der Waals surface area contributed by atoms with E-state index in [0.29, 0.717) is 17.9 Å². The van der Waals surface area contributed by atoms with Gasteiger partial charge in [-0.05, 0) is 47.9 Å². The van der Waals surface area contributed by atoms with Crippen LogP contribution in [0.5, 0.6) is 0 Å². The minimum absolute atomic E-state index is 0.0402. The first-order valence-electron chi connectivity index (χ1n) is 6.98. The van der Waals surface area contributed by atoms with Gasteiger partial charge in [-0.15, -0.1) is 0 Å².